The summed E-state index contributed by atoms with van der Waals surface area (Å²) in [5.41, 5.74) is 6.37. The maximum absolute atomic E-state index is 10.00. The first-order valence-electron chi connectivity index (χ1n) is 3.60. The lowest BCUT2D eigenvalue weighted by molar-refractivity contribution is -0.131. The van der Waals surface area contributed by atoms with Gasteiger partial charge in [-0.15, -0.1) is 0 Å². The summed E-state index contributed by atoms with van der Waals surface area (Å²) < 4.78 is 0. The van der Waals surface area contributed by atoms with Gasteiger partial charge in [-0.1, -0.05) is 29.9 Å². The minimum atomic E-state index is -0.945. The highest BCUT2D eigenvalue weighted by molar-refractivity contribution is 5.80. The van der Waals surface area contributed by atoms with E-state index in [0.29, 0.717) is 6.54 Å². The Morgan fingerprint density at radius 1 is 1.42 bits per heavy atom. The number of hydrogen-bond donors (Lipinski definition) is 2. The smallest absolute Gasteiger partial charge is 0.328 e. The molecule has 3 nitrogen and oxygen atoms in total. The zero-order valence-corrected chi connectivity index (χ0v) is 7.03. The second-order valence-electron chi connectivity index (χ2n) is 2.30. The van der Waals surface area contributed by atoms with Crippen LogP contribution in [0.15, 0.2) is 36.0 Å². The number of allylic oxidation sites excluding steroid dienone is 4. The molecule has 66 valence electrons. The van der Waals surface area contributed by atoms with E-state index in [1.807, 2.05) is 13.0 Å². The fourth-order valence-corrected chi connectivity index (χ4v) is 0.490. The van der Waals surface area contributed by atoms with Gasteiger partial charge in [0.25, 0.3) is 0 Å². The van der Waals surface area contributed by atoms with E-state index in [4.69, 9.17) is 10.8 Å². The Balaban J connectivity index is 3.85. The molecule has 0 aromatic heterocycles. The maximum atomic E-state index is 10.00. The van der Waals surface area contributed by atoms with Crippen LogP contribution in [-0.4, -0.2) is 17.6 Å². The highest BCUT2D eigenvalue weighted by Crippen LogP contribution is 1.88. The van der Waals surface area contributed by atoms with Gasteiger partial charge in [0.05, 0.1) is 0 Å². The fraction of sp³-hybridized carbons (Fsp3) is 0.222. The lowest BCUT2D eigenvalue weighted by Crippen LogP contribution is -1.98. The molecule has 0 aliphatic heterocycles. The van der Waals surface area contributed by atoms with Crippen LogP contribution in [0.3, 0.4) is 0 Å². The molecule has 0 atom stereocenters. The lowest BCUT2D eigenvalue weighted by Gasteiger charge is -1.87. The van der Waals surface area contributed by atoms with Gasteiger partial charge in [-0.3, -0.25) is 0 Å². The van der Waals surface area contributed by atoms with Crippen molar-refractivity contribution in [2.24, 2.45) is 5.73 Å². The summed E-state index contributed by atoms with van der Waals surface area (Å²) in [4.78, 5) is 10.00. The third-order valence-corrected chi connectivity index (χ3v) is 1.16. The Kier molecular flexibility index (Phi) is 5.65. The van der Waals surface area contributed by atoms with Gasteiger partial charge in [0.15, 0.2) is 0 Å². The number of carboxylic acids is 1. The van der Waals surface area contributed by atoms with Gasteiger partial charge in [0.2, 0.25) is 0 Å². The first kappa shape index (κ1) is 10.7. The third kappa shape index (κ3) is 6.77. The standard InChI is InChI=1S/C9H13NO2/c1-8(7-10)5-3-2-4-6-9(11)12/h2-6H,7,10H2,1H3,(H,11,12)/b3-2-,6-4+,8-5+. The predicted molar refractivity (Wildman–Crippen MR) is 48.7 cm³/mol. The van der Waals surface area contributed by atoms with Crippen molar-refractivity contribution in [1.29, 1.82) is 0 Å². The zero-order chi connectivity index (χ0) is 9.40. The largest absolute Gasteiger partial charge is 0.478 e. The number of hydrogen-bond acceptors (Lipinski definition) is 2. The lowest BCUT2D eigenvalue weighted by atomic mass is 10.3. The van der Waals surface area contributed by atoms with Crippen LogP contribution in [0.5, 0.6) is 0 Å². The average molecular weight is 167 g/mol. The number of carboxylic acid groups (broad SMARTS) is 1. The minimum Gasteiger partial charge on any atom is -0.478 e. The Morgan fingerprint density at radius 2 is 2.08 bits per heavy atom. The monoisotopic (exact) mass is 167 g/mol. The van der Waals surface area contributed by atoms with Crippen molar-refractivity contribution in [1.82, 2.24) is 0 Å². The highest BCUT2D eigenvalue weighted by Gasteiger charge is 1.80. The van der Waals surface area contributed by atoms with Crippen molar-refractivity contribution in [3.63, 3.8) is 0 Å². The van der Waals surface area contributed by atoms with Crippen LogP contribution >= 0.6 is 0 Å². The quantitative estimate of drug-likeness (QED) is 0.486. The van der Waals surface area contributed by atoms with Crippen LogP contribution in [0.4, 0.5) is 0 Å². The normalized spacial score (nSPS) is 13.0. The Hall–Kier alpha value is -1.35. The molecule has 0 heterocycles. The van der Waals surface area contributed by atoms with Gasteiger partial charge in [-0.05, 0) is 6.92 Å². The van der Waals surface area contributed by atoms with Crippen molar-refractivity contribution >= 4 is 5.97 Å². The fourth-order valence-electron chi connectivity index (χ4n) is 0.490. The molecule has 0 fully saturated rings. The van der Waals surface area contributed by atoms with Crippen LogP contribution in [0.25, 0.3) is 0 Å². The van der Waals surface area contributed by atoms with Crippen molar-refractivity contribution in [3.8, 4) is 0 Å². The second kappa shape index (κ2) is 6.37. The summed E-state index contributed by atoms with van der Waals surface area (Å²) in [6.07, 6.45) is 7.77. The molecule has 3 N–H and O–H groups in total. The summed E-state index contributed by atoms with van der Waals surface area (Å²) in [5.74, 6) is -0.945. The van der Waals surface area contributed by atoms with Crippen LogP contribution in [0.2, 0.25) is 0 Å². The predicted octanol–water partition coefficient (Wildman–Crippen LogP) is 1.09. The molecule has 0 unspecified atom stereocenters. The van der Waals surface area contributed by atoms with Crippen molar-refractivity contribution < 1.29 is 9.90 Å². The van der Waals surface area contributed by atoms with Crippen LogP contribution in [0.1, 0.15) is 6.92 Å². The van der Waals surface area contributed by atoms with Gasteiger partial charge in [0, 0.05) is 12.6 Å². The average Bonchev–Trinajstić information content (AvgIpc) is 2.03. The van der Waals surface area contributed by atoms with E-state index in [-0.39, 0.29) is 0 Å². The van der Waals surface area contributed by atoms with Crippen molar-refractivity contribution in [2.45, 2.75) is 6.92 Å². The molecule has 0 saturated carbocycles. The molecule has 0 aromatic rings. The molecule has 0 amide bonds. The zero-order valence-electron chi connectivity index (χ0n) is 7.03. The second-order valence-corrected chi connectivity index (χ2v) is 2.30. The molecule has 0 aromatic carbocycles. The van der Waals surface area contributed by atoms with E-state index in [0.717, 1.165) is 11.6 Å². The number of aliphatic carboxylic acids is 1. The summed E-state index contributed by atoms with van der Waals surface area (Å²) in [7, 11) is 0. The SMILES string of the molecule is C\C(=C/C=C\C=C\C(=O)O)CN. The van der Waals surface area contributed by atoms with Crippen molar-refractivity contribution in [2.75, 3.05) is 6.54 Å². The molecule has 0 bridgehead atoms. The Bertz CT molecular complexity index is 227. The highest BCUT2D eigenvalue weighted by atomic mass is 16.4. The molecular weight excluding hydrogens is 154 g/mol. The molecule has 3 heteroatoms. The van der Waals surface area contributed by atoms with E-state index in [1.54, 1.807) is 12.2 Å². The van der Waals surface area contributed by atoms with Crippen LogP contribution in [0, 0.1) is 0 Å². The molecule has 0 saturated heterocycles. The van der Waals surface area contributed by atoms with Gasteiger partial charge < -0.3 is 10.8 Å². The van der Waals surface area contributed by atoms with Crippen LogP contribution in [-0.2, 0) is 4.79 Å². The summed E-state index contributed by atoms with van der Waals surface area (Å²) in [5, 5.41) is 8.21. The Morgan fingerprint density at radius 3 is 2.58 bits per heavy atom. The van der Waals surface area contributed by atoms with E-state index in [2.05, 4.69) is 0 Å². The maximum Gasteiger partial charge on any atom is 0.328 e. The number of carbonyl (C=O) groups is 1. The van der Waals surface area contributed by atoms with E-state index < -0.39 is 5.97 Å². The van der Waals surface area contributed by atoms with E-state index in [9.17, 15) is 4.79 Å². The number of rotatable bonds is 4. The van der Waals surface area contributed by atoms with Gasteiger partial charge in [-0.2, -0.15) is 0 Å². The van der Waals surface area contributed by atoms with E-state index >= 15 is 0 Å². The first-order valence-corrected chi connectivity index (χ1v) is 3.60. The molecule has 0 spiro atoms. The van der Waals surface area contributed by atoms with Gasteiger partial charge in [0.1, 0.15) is 0 Å². The summed E-state index contributed by atoms with van der Waals surface area (Å²) in [6.45, 7) is 2.43. The van der Waals surface area contributed by atoms with Gasteiger partial charge >= 0.3 is 5.97 Å². The van der Waals surface area contributed by atoms with Crippen LogP contribution < -0.4 is 5.73 Å². The van der Waals surface area contributed by atoms with E-state index in [1.165, 1.54) is 6.08 Å². The first-order chi connectivity index (χ1) is 5.66. The topological polar surface area (TPSA) is 63.3 Å². The minimum absolute atomic E-state index is 0.521. The molecule has 0 rings (SSSR count). The summed E-state index contributed by atoms with van der Waals surface area (Å²) >= 11 is 0. The molecular formula is C9H13NO2. The molecule has 0 aliphatic rings. The Labute approximate surface area is 71.9 Å². The van der Waals surface area contributed by atoms with Crippen molar-refractivity contribution in [3.05, 3.63) is 36.0 Å². The summed E-state index contributed by atoms with van der Waals surface area (Å²) in [6, 6.07) is 0. The number of nitrogens with two attached hydrogens (primary N) is 1. The van der Waals surface area contributed by atoms with Gasteiger partial charge in [-0.25, -0.2) is 4.79 Å². The molecule has 0 radical (unpaired) electrons. The molecule has 0 aliphatic carbocycles. The third-order valence-electron chi connectivity index (χ3n) is 1.16. The molecule has 12 heavy (non-hydrogen) atoms.